The van der Waals surface area contributed by atoms with Gasteiger partial charge in [-0.05, 0) is 34.6 Å². The Morgan fingerprint density at radius 1 is 0.955 bits per heavy atom. The van der Waals surface area contributed by atoms with Crippen molar-refractivity contribution in [3.8, 4) is 0 Å². The van der Waals surface area contributed by atoms with Gasteiger partial charge in [-0.2, -0.15) is 0 Å². The van der Waals surface area contributed by atoms with E-state index in [9.17, 15) is 0 Å². The maximum absolute atomic E-state index is 6.42. The average molecular weight is 288 g/mol. The molecule has 1 heterocycles. The van der Waals surface area contributed by atoms with E-state index in [2.05, 4.69) is 65.6 Å². The normalized spacial score (nSPS) is 14.9. The van der Waals surface area contributed by atoms with E-state index in [-0.39, 0.29) is 0 Å². The molecule has 0 spiro atoms. The number of nitrogens with zero attached hydrogens (tertiary/aromatic N) is 1. The van der Waals surface area contributed by atoms with Gasteiger partial charge in [0.25, 0.3) is 0 Å². The molecule has 0 saturated carbocycles. The SMILES string of the molecule is Nc1c2c(cc3ccccc13)CN(Cc1ccccc1)CC2. The number of hydrogen-bond donors (Lipinski definition) is 1. The first kappa shape index (κ1) is 13.4. The number of hydrogen-bond acceptors (Lipinski definition) is 2. The molecule has 0 fully saturated rings. The lowest BCUT2D eigenvalue weighted by atomic mass is 9.93. The van der Waals surface area contributed by atoms with Crippen molar-refractivity contribution >= 4 is 16.5 Å². The zero-order valence-corrected chi connectivity index (χ0v) is 12.6. The number of nitrogens with two attached hydrogens (primary N) is 1. The lowest BCUT2D eigenvalue weighted by Gasteiger charge is -2.30. The molecular formula is C20H20N2. The van der Waals surface area contributed by atoms with E-state index in [1.165, 1.54) is 27.5 Å². The molecule has 110 valence electrons. The molecule has 2 nitrogen and oxygen atoms in total. The third-order valence-corrected chi connectivity index (χ3v) is 4.61. The average Bonchev–Trinajstić information content (AvgIpc) is 2.56. The highest BCUT2D eigenvalue weighted by Crippen LogP contribution is 2.32. The van der Waals surface area contributed by atoms with Gasteiger partial charge in [0.05, 0.1) is 0 Å². The van der Waals surface area contributed by atoms with Crippen LogP contribution in [0.5, 0.6) is 0 Å². The molecule has 0 amide bonds. The zero-order valence-electron chi connectivity index (χ0n) is 12.6. The van der Waals surface area contributed by atoms with Crippen LogP contribution in [-0.4, -0.2) is 11.4 Å². The maximum Gasteiger partial charge on any atom is 0.0430 e. The molecule has 0 saturated heterocycles. The van der Waals surface area contributed by atoms with Gasteiger partial charge in [-0.1, -0.05) is 54.6 Å². The van der Waals surface area contributed by atoms with Crippen molar-refractivity contribution in [2.24, 2.45) is 0 Å². The van der Waals surface area contributed by atoms with Crippen LogP contribution in [0.15, 0.2) is 60.7 Å². The second-order valence-corrected chi connectivity index (χ2v) is 6.10. The van der Waals surface area contributed by atoms with Crippen molar-refractivity contribution in [1.82, 2.24) is 4.90 Å². The van der Waals surface area contributed by atoms with Crippen LogP contribution in [0.2, 0.25) is 0 Å². The van der Waals surface area contributed by atoms with Crippen LogP contribution in [0, 0.1) is 0 Å². The fraction of sp³-hybridized carbons (Fsp3) is 0.200. The summed E-state index contributed by atoms with van der Waals surface area (Å²) in [4.78, 5) is 2.51. The van der Waals surface area contributed by atoms with E-state index in [0.717, 1.165) is 31.7 Å². The third kappa shape index (κ3) is 2.36. The molecule has 2 heteroatoms. The Kier molecular flexibility index (Phi) is 3.32. The molecule has 0 unspecified atom stereocenters. The van der Waals surface area contributed by atoms with Crippen molar-refractivity contribution in [3.05, 3.63) is 77.4 Å². The summed E-state index contributed by atoms with van der Waals surface area (Å²) in [7, 11) is 0. The Balaban J connectivity index is 1.66. The fourth-order valence-corrected chi connectivity index (χ4v) is 3.48. The summed E-state index contributed by atoms with van der Waals surface area (Å²) in [6, 6.07) is 21.4. The van der Waals surface area contributed by atoms with Crippen LogP contribution in [0.25, 0.3) is 10.8 Å². The Bertz CT molecular complexity index is 809. The summed E-state index contributed by atoms with van der Waals surface area (Å²) in [6.07, 6.45) is 1.04. The van der Waals surface area contributed by atoms with Crippen molar-refractivity contribution in [2.75, 3.05) is 12.3 Å². The molecule has 1 aliphatic rings. The molecule has 0 bridgehead atoms. The highest BCUT2D eigenvalue weighted by atomic mass is 15.1. The lowest BCUT2D eigenvalue weighted by Crippen LogP contribution is -2.30. The quantitative estimate of drug-likeness (QED) is 0.723. The van der Waals surface area contributed by atoms with Gasteiger partial charge in [0.15, 0.2) is 0 Å². The van der Waals surface area contributed by atoms with E-state index in [1.54, 1.807) is 0 Å². The summed E-state index contributed by atoms with van der Waals surface area (Å²) in [5.41, 5.74) is 11.5. The number of fused-ring (bicyclic) bond motifs is 2. The first-order valence-electron chi connectivity index (χ1n) is 7.86. The Morgan fingerprint density at radius 2 is 1.73 bits per heavy atom. The van der Waals surface area contributed by atoms with Crippen molar-refractivity contribution < 1.29 is 0 Å². The molecule has 0 aromatic heterocycles. The van der Waals surface area contributed by atoms with Crippen LogP contribution >= 0.6 is 0 Å². The van der Waals surface area contributed by atoms with E-state index in [4.69, 9.17) is 5.73 Å². The summed E-state index contributed by atoms with van der Waals surface area (Å²) < 4.78 is 0. The van der Waals surface area contributed by atoms with Crippen molar-refractivity contribution in [3.63, 3.8) is 0 Å². The van der Waals surface area contributed by atoms with Crippen molar-refractivity contribution in [1.29, 1.82) is 0 Å². The van der Waals surface area contributed by atoms with Gasteiger partial charge >= 0.3 is 0 Å². The topological polar surface area (TPSA) is 29.3 Å². The van der Waals surface area contributed by atoms with Crippen LogP contribution < -0.4 is 5.73 Å². The van der Waals surface area contributed by atoms with Gasteiger partial charge in [-0.3, -0.25) is 4.90 Å². The van der Waals surface area contributed by atoms with Gasteiger partial charge in [-0.15, -0.1) is 0 Å². The van der Waals surface area contributed by atoms with E-state index >= 15 is 0 Å². The van der Waals surface area contributed by atoms with Crippen LogP contribution in [-0.2, 0) is 19.5 Å². The molecule has 3 aromatic carbocycles. The van der Waals surface area contributed by atoms with Gasteiger partial charge < -0.3 is 5.73 Å². The monoisotopic (exact) mass is 288 g/mol. The second-order valence-electron chi connectivity index (χ2n) is 6.10. The summed E-state index contributed by atoms with van der Waals surface area (Å²) in [5.74, 6) is 0. The smallest absolute Gasteiger partial charge is 0.0430 e. The molecule has 22 heavy (non-hydrogen) atoms. The molecule has 0 radical (unpaired) electrons. The molecule has 2 N–H and O–H groups in total. The van der Waals surface area contributed by atoms with Crippen LogP contribution in [0.1, 0.15) is 16.7 Å². The van der Waals surface area contributed by atoms with Crippen LogP contribution in [0.4, 0.5) is 5.69 Å². The minimum Gasteiger partial charge on any atom is -0.398 e. The Hall–Kier alpha value is -2.32. The maximum atomic E-state index is 6.42. The van der Waals surface area contributed by atoms with E-state index in [1.807, 2.05) is 0 Å². The van der Waals surface area contributed by atoms with Gasteiger partial charge in [-0.25, -0.2) is 0 Å². The summed E-state index contributed by atoms with van der Waals surface area (Å²) in [5, 5.41) is 2.44. The molecule has 0 aliphatic carbocycles. The largest absolute Gasteiger partial charge is 0.398 e. The van der Waals surface area contributed by atoms with E-state index < -0.39 is 0 Å². The van der Waals surface area contributed by atoms with Gasteiger partial charge in [0.2, 0.25) is 0 Å². The molecule has 3 aromatic rings. The number of rotatable bonds is 2. The number of nitrogen functional groups attached to an aromatic ring is 1. The van der Waals surface area contributed by atoms with Gasteiger partial charge in [0.1, 0.15) is 0 Å². The summed E-state index contributed by atoms with van der Waals surface area (Å²) in [6.45, 7) is 3.07. The number of benzene rings is 3. The fourth-order valence-electron chi connectivity index (χ4n) is 3.48. The summed E-state index contributed by atoms with van der Waals surface area (Å²) >= 11 is 0. The molecule has 1 aliphatic heterocycles. The minimum atomic E-state index is 0.979. The van der Waals surface area contributed by atoms with Gasteiger partial charge in [0, 0.05) is 30.7 Å². The highest BCUT2D eigenvalue weighted by molar-refractivity contribution is 5.95. The lowest BCUT2D eigenvalue weighted by molar-refractivity contribution is 0.246. The Labute approximate surface area is 131 Å². The third-order valence-electron chi connectivity index (χ3n) is 4.61. The predicted octanol–water partition coefficient (Wildman–Crippen LogP) is 3.98. The van der Waals surface area contributed by atoms with Crippen LogP contribution in [0.3, 0.4) is 0 Å². The first-order valence-corrected chi connectivity index (χ1v) is 7.86. The first-order chi connectivity index (χ1) is 10.8. The predicted molar refractivity (Wildman–Crippen MR) is 92.6 cm³/mol. The molecule has 0 atom stereocenters. The zero-order chi connectivity index (χ0) is 14.9. The minimum absolute atomic E-state index is 0.979. The standard InChI is InChI=1S/C20H20N2/c21-20-18-9-5-4-8-16(18)12-17-14-22(11-10-19(17)20)13-15-6-2-1-3-7-15/h1-9,12H,10-11,13-14,21H2. The number of anilines is 1. The second kappa shape index (κ2) is 5.47. The molecular weight excluding hydrogens is 268 g/mol. The van der Waals surface area contributed by atoms with Crippen molar-refractivity contribution in [2.45, 2.75) is 19.5 Å². The Morgan fingerprint density at radius 3 is 2.59 bits per heavy atom. The van der Waals surface area contributed by atoms with E-state index in [0.29, 0.717) is 0 Å². The molecule has 4 rings (SSSR count). The highest BCUT2D eigenvalue weighted by Gasteiger charge is 2.19.